The topological polar surface area (TPSA) is 64.0 Å². The first kappa shape index (κ1) is 17.1. The number of aromatic nitrogens is 2. The van der Waals surface area contributed by atoms with Crippen molar-refractivity contribution in [2.45, 2.75) is 27.3 Å². The SMILES string of the molecule is Cc1ccc(C)c(Cn2cccc(C(=O)Nc3nc(C)cs3)c2=O)c1. The molecule has 0 saturated heterocycles. The number of pyridine rings is 1. The zero-order chi connectivity index (χ0) is 18.0. The minimum atomic E-state index is -0.435. The number of anilines is 1. The van der Waals surface area contributed by atoms with Gasteiger partial charge in [-0.3, -0.25) is 14.9 Å². The van der Waals surface area contributed by atoms with Crippen LogP contribution >= 0.6 is 11.3 Å². The molecule has 0 radical (unpaired) electrons. The zero-order valence-corrected chi connectivity index (χ0v) is 15.2. The Labute approximate surface area is 150 Å². The predicted octanol–water partition coefficient (Wildman–Crippen LogP) is 3.53. The van der Waals surface area contributed by atoms with Crippen molar-refractivity contribution >= 4 is 22.4 Å². The lowest BCUT2D eigenvalue weighted by atomic mass is 10.1. The van der Waals surface area contributed by atoms with Gasteiger partial charge < -0.3 is 4.57 Å². The van der Waals surface area contributed by atoms with Crippen molar-refractivity contribution in [3.8, 4) is 0 Å². The first-order chi connectivity index (χ1) is 11.9. The van der Waals surface area contributed by atoms with Crippen LogP contribution in [0.1, 0.15) is 32.7 Å². The largest absolute Gasteiger partial charge is 0.310 e. The first-order valence-corrected chi connectivity index (χ1v) is 8.81. The number of carbonyl (C=O) groups is 1. The van der Waals surface area contributed by atoms with E-state index in [1.807, 2.05) is 38.3 Å². The third-order valence-corrected chi connectivity index (χ3v) is 4.83. The van der Waals surface area contributed by atoms with E-state index in [9.17, 15) is 9.59 Å². The number of hydrogen-bond donors (Lipinski definition) is 1. The van der Waals surface area contributed by atoms with Crippen LogP contribution in [0.3, 0.4) is 0 Å². The van der Waals surface area contributed by atoms with E-state index in [1.54, 1.807) is 16.8 Å². The van der Waals surface area contributed by atoms with Crippen molar-refractivity contribution < 1.29 is 4.79 Å². The van der Waals surface area contributed by atoms with E-state index in [4.69, 9.17) is 0 Å². The van der Waals surface area contributed by atoms with Gasteiger partial charge in [-0.25, -0.2) is 4.98 Å². The van der Waals surface area contributed by atoms with Gasteiger partial charge in [-0.15, -0.1) is 11.3 Å². The smallest absolute Gasteiger partial charge is 0.263 e. The lowest BCUT2D eigenvalue weighted by Gasteiger charge is -2.11. The Bertz CT molecular complexity index is 988. The van der Waals surface area contributed by atoms with Crippen LogP contribution in [0.25, 0.3) is 0 Å². The van der Waals surface area contributed by atoms with Gasteiger partial charge in [0, 0.05) is 11.6 Å². The summed E-state index contributed by atoms with van der Waals surface area (Å²) in [5.41, 5.74) is 3.96. The molecule has 0 saturated carbocycles. The van der Waals surface area contributed by atoms with Gasteiger partial charge in [0.2, 0.25) is 0 Å². The van der Waals surface area contributed by atoms with Gasteiger partial charge in [-0.05, 0) is 44.0 Å². The van der Waals surface area contributed by atoms with E-state index < -0.39 is 5.91 Å². The first-order valence-electron chi connectivity index (χ1n) is 7.93. The molecule has 0 aliphatic carbocycles. The fourth-order valence-electron chi connectivity index (χ4n) is 2.56. The van der Waals surface area contributed by atoms with E-state index in [0.29, 0.717) is 11.7 Å². The molecule has 0 spiro atoms. The van der Waals surface area contributed by atoms with Gasteiger partial charge in [0.05, 0.1) is 12.2 Å². The molecule has 2 aromatic heterocycles. The molecule has 0 fully saturated rings. The number of aryl methyl sites for hydroxylation is 3. The van der Waals surface area contributed by atoms with E-state index >= 15 is 0 Å². The Balaban J connectivity index is 1.88. The molecule has 3 aromatic rings. The summed E-state index contributed by atoms with van der Waals surface area (Å²) in [6, 6.07) is 9.40. The Morgan fingerprint density at radius 1 is 1.24 bits per heavy atom. The molecule has 1 N–H and O–H groups in total. The lowest BCUT2D eigenvalue weighted by molar-refractivity contribution is 0.102. The summed E-state index contributed by atoms with van der Waals surface area (Å²) >= 11 is 1.34. The number of nitrogens with zero attached hydrogens (tertiary/aromatic N) is 2. The molecule has 0 atom stereocenters. The quantitative estimate of drug-likeness (QED) is 0.780. The molecule has 2 heterocycles. The van der Waals surface area contributed by atoms with Gasteiger partial charge in [-0.1, -0.05) is 23.8 Å². The molecule has 0 bridgehead atoms. The Hall–Kier alpha value is -2.73. The molecule has 0 unspecified atom stereocenters. The molecule has 25 heavy (non-hydrogen) atoms. The fourth-order valence-corrected chi connectivity index (χ4v) is 3.25. The second-order valence-electron chi connectivity index (χ2n) is 6.03. The Kier molecular flexibility index (Phi) is 4.81. The van der Waals surface area contributed by atoms with Crippen molar-refractivity contribution in [2.75, 3.05) is 5.32 Å². The molecule has 1 aromatic carbocycles. The van der Waals surface area contributed by atoms with Gasteiger partial charge in [0.25, 0.3) is 11.5 Å². The normalized spacial score (nSPS) is 10.7. The molecule has 3 rings (SSSR count). The van der Waals surface area contributed by atoms with Gasteiger partial charge in [-0.2, -0.15) is 0 Å². The predicted molar refractivity (Wildman–Crippen MR) is 101 cm³/mol. The van der Waals surface area contributed by atoms with Crippen LogP contribution in [0.5, 0.6) is 0 Å². The van der Waals surface area contributed by atoms with E-state index in [-0.39, 0.29) is 11.1 Å². The standard InChI is InChI=1S/C19H19N3O2S/c1-12-6-7-13(2)15(9-12)10-22-8-4-5-16(18(22)24)17(23)21-19-20-14(3)11-25-19/h4-9,11H,10H2,1-3H3,(H,20,21,23). The number of rotatable bonds is 4. The highest BCUT2D eigenvalue weighted by Gasteiger charge is 2.14. The average Bonchev–Trinajstić information content (AvgIpc) is 2.97. The number of carbonyl (C=O) groups excluding carboxylic acids is 1. The lowest BCUT2D eigenvalue weighted by Crippen LogP contribution is -2.29. The minimum Gasteiger partial charge on any atom is -0.310 e. The second kappa shape index (κ2) is 7.03. The van der Waals surface area contributed by atoms with Crippen molar-refractivity contribution in [3.63, 3.8) is 0 Å². The van der Waals surface area contributed by atoms with Crippen LogP contribution in [0.15, 0.2) is 46.7 Å². The summed E-state index contributed by atoms with van der Waals surface area (Å²) in [6.45, 7) is 6.32. The maximum atomic E-state index is 12.7. The monoisotopic (exact) mass is 353 g/mol. The number of amides is 1. The second-order valence-corrected chi connectivity index (χ2v) is 6.89. The van der Waals surface area contributed by atoms with Crippen molar-refractivity contribution in [1.29, 1.82) is 0 Å². The van der Waals surface area contributed by atoms with E-state index in [2.05, 4.69) is 16.4 Å². The molecular formula is C19H19N3O2S. The highest BCUT2D eigenvalue weighted by molar-refractivity contribution is 7.13. The Morgan fingerprint density at radius 2 is 2.04 bits per heavy atom. The summed E-state index contributed by atoms with van der Waals surface area (Å²) in [6.07, 6.45) is 1.70. The van der Waals surface area contributed by atoms with E-state index in [0.717, 1.165) is 22.4 Å². The summed E-state index contributed by atoms with van der Waals surface area (Å²) in [4.78, 5) is 29.3. The van der Waals surface area contributed by atoms with Crippen molar-refractivity contribution in [1.82, 2.24) is 9.55 Å². The molecule has 0 aliphatic rings. The number of nitrogens with one attached hydrogen (secondary N) is 1. The molecular weight excluding hydrogens is 334 g/mol. The summed E-state index contributed by atoms with van der Waals surface area (Å²) in [5, 5.41) is 5.03. The molecule has 5 nitrogen and oxygen atoms in total. The van der Waals surface area contributed by atoms with Crippen molar-refractivity contribution in [3.05, 3.63) is 80.2 Å². The molecule has 128 valence electrons. The van der Waals surface area contributed by atoms with Crippen LogP contribution in [-0.4, -0.2) is 15.5 Å². The fraction of sp³-hybridized carbons (Fsp3) is 0.211. The van der Waals surface area contributed by atoms with E-state index in [1.165, 1.54) is 17.4 Å². The number of benzene rings is 1. The third-order valence-electron chi connectivity index (χ3n) is 3.95. The van der Waals surface area contributed by atoms with Crippen molar-refractivity contribution in [2.24, 2.45) is 0 Å². The summed E-state index contributed by atoms with van der Waals surface area (Å²) in [5.74, 6) is -0.435. The van der Waals surface area contributed by atoms with Gasteiger partial charge in [0.1, 0.15) is 5.56 Å². The average molecular weight is 353 g/mol. The minimum absolute atomic E-state index is 0.112. The number of hydrogen-bond acceptors (Lipinski definition) is 4. The van der Waals surface area contributed by atoms with Crippen LogP contribution in [-0.2, 0) is 6.54 Å². The maximum Gasteiger partial charge on any atom is 0.263 e. The zero-order valence-electron chi connectivity index (χ0n) is 14.4. The van der Waals surface area contributed by atoms with Crippen LogP contribution in [0, 0.1) is 20.8 Å². The molecule has 1 amide bonds. The molecule has 6 heteroatoms. The molecule has 0 aliphatic heterocycles. The van der Waals surface area contributed by atoms with Crippen LogP contribution in [0.2, 0.25) is 0 Å². The highest BCUT2D eigenvalue weighted by atomic mass is 32.1. The summed E-state index contributed by atoms with van der Waals surface area (Å²) in [7, 11) is 0. The highest BCUT2D eigenvalue weighted by Crippen LogP contribution is 2.15. The summed E-state index contributed by atoms with van der Waals surface area (Å²) < 4.78 is 1.56. The van der Waals surface area contributed by atoms with Crippen LogP contribution in [0.4, 0.5) is 5.13 Å². The van der Waals surface area contributed by atoms with Gasteiger partial charge >= 0.3 is 0 Å². The number of thiazole rings is 1. The van der Waals surface area contributed by atoms with Gasteiger partial charge in [0.15, 0.2) is 5.13 Å². The Morgan fingerprint density at radius 3 is 2.76 bits per heavy atom. The van der Waals surface area contributed by atoms with Crippen LogP contribution < -0.4 is 10.9 Å². The third kappa shape index (κ3) is 3.85. The maximum absolute atomic E-state index is 12.7.